The number of nitrogens with zero attached hydrogens (tertiary/aromatic N) is 2. The van der Waals surface area contributed by atoms with E-state index in [9.17, 15) is 9.18 Å². The summed E-state index contributed by atoms with van der Waals surface area (Å²) < 4.78 is 14.9. The molecular formula is C20H26FN3O. The molecule has 0 spiro atoms. The number of hydrogen-bond donors (Lipinski definition) is 1. The van der Waals surface area contributed by atoms with Crippen molar-refractivity contribution >= 4 is 5.91 Å². The van der Waals surface area contributed by atoms with E-state index < -0.39 is 0 Å². The molecule has 0 bridgehead atoms. The molecule has 1 saturated carbocycles. The van der Waals surface area contributed by atoms with Crippen molar-refractivity contribution in [3.8, 4) is 11.3 Å². The van der Waals surface area contributed by atoms with Crippen LogP contribution in [0.4, 0.5) is 4.39 Å². The van der Waals surface area contributed by atoms with E-state index in [1.807, 2.05) is 13.2 Å². The minimum absolute atomic E-state index is 0.112. The van der Waals surface area contributed by atoms with Crippen LogP contribution in [-0.4, -0.2) is 21.7 Å². The van der Waals surface area contributed by atoms with Crippen molar-refractivity contribution in [2.24, 2.45) is 7.05 Å². The SMILES string of the molecule is Cn1cc(CCC(=O)NC2CCCCCC2)c(-c2ccc(F)cc2)n1. The fraction of sp³-hybridized carbons (Fsp3) is 0.500. The highest BCUT2D eigenvalue weighted by atomic mass is 19.1. The zero-order valence-electron chi connectivity index (χ0n) is 14.8. The fourth-order valence-corrected chi connectivity index (χ4v) is 3.54. The van der Waals surface area contributed by atoms with Crippen LogP contribution in [0.5, 0.6) is 0 Å². The Kier molecular flexibility index (Phi) is 5.84. The Balaban J connectivity index is 1.61. The zero-order chi connectivity index (χ0) is 17.6. The van der Waals surface area contributed by atoms with Crippen molar-refractivity contribution in [2.45, 2.75) is 57.4 Å². The number of rotatable bonds is 5. The molecule has 4 nitrogen and oxygen atoms in total. The highest BCUT2D eigenvalue weighted by Crippen LogP contribution is 2.23. The lowest BCUT2D eigenvalue weighted by Crippen LogP contribution is -2.34. The van der Waals surface area contributed by atoms with Gasteiger partial charge in [-0.3, -0.25) is 9.48 Å². The highest BCUT2D eigenvalue weighted by Gasteiger charge is 2.16. The van der Waals surface area contributed by atoms with Gasteiger partial charge in [-0.05, 0) is 49.1 Å². The summed E-state index contributed by atoms with van der Waals surface area (Å²) in [7, 11) is 1.86. The molecule has 0 radical (unpaired) electrons. The summed E-state index contributed by atoms with van der Waals surface area (Å²) >= 11 is 0. The van der Waals surface area contributed by atoms with Crippen molar-refractivity contribution in [3.63, 3.8) is 0 Å². The predicted molar refractivity (Wildman–Crippen MR) is 96.6 cm³/mol. The Morgan fingerprint density at radius 3 is 2.56 bits per heavy atom. The molecule has 0 saturated heterocycles. The predicted octanol–water partition coefficient (Wildman–Crippen LogP) is 4.00. The molecule has 1 heterocycles. The van der Waals surface area contributed by atoms with Crippen LogP contribution in [0.2, 0.25) is 0 Å². The molecule has 2 aromatic rings. The lowest BCUT2D eigenvalue weighted by molar-refractivity contribution is -0.121. The first-order chi connectivity index (χ1) is 12.1. The minimum atomic E-state index is -0.260. The number of aryl methyl sites for hydroxylation is 2. The smallest absolute Gasteiger partial charge is 0.220 e. The number of aromatic nitrogens is 2. The Morgan fingerprint density at radius 1 is 1.20 bits per heavy atom. The van der Waals surface area contributed by atoms with Crippen LogP contribution in [0, 0.1) is 5.82 Å². The van der Waals surface area contributed by atoms with Crippen LogP contribution in [0.1, 0.15) is 50.5 Å². The standard InChI is InChI=1S/C20H26FN3O/c1-24-14-16(20(23-24)15-8-11-17(21)12-9-15)10-13-19(25)22-18-6-4-2-3-5-7-18/h8-9,11-12,14,18H,2-7,10,13H2,1H3,(H,22,25). The fourth-order valence-electron chi connectivity index (χ4n) is 3.54. The average molecular weight is 343 g/mol. The summed E-state index contributed by atoms with van der Waals surface area (Å²) in [6.45, 7) is 0. The Labute approximate surface area is 148 Å². The second-order valence-corrected chi connectivity index (χ2v) is 6.94. The Morgan fingerprint density at radius 2 is 1.88 bits per heavy atom. The maximum absolute atomic E-state index is 13.1. The average Bonchev–Trinajstić information content (AvgIpc) is 2.79. The molecule has 0 unspecified atom stereocenters. The molecule has 25 heavy (non-hydrogen) atoms. The van der Waals surface area contributed by atoms with E-state index in [2.05, 4.69) is 10.4 Å². The van der Waals surface area contributed by atoms with Crippen LogP contribution >= 0.6 is 0 Å². The normalized spacial score (nSPS) is 15.8. The van der Waals surface area contributed by atoms with Crippen LogP contribution in [0.25, 0.3) is 11.3 Å². The van der Waals surface area contributed by atoms with Gasteiger partial charge in [-0.2, -0.15) is 5.10 Å². The molecule has 0 aliphatic heterocycles. The van der Waals surface area contributed by atoms with E-state index in [1.165, 1.54) is 37.8 Å². The number of benzene rings is 1. The third kappa shape index (κ3) is 4.91. The molecule has 0 atom stereocenters. The van der Waals surface area contributed by atoms with Crippen LogP contribution < -0.4 is 5.32 Å². The highest BCUT2D eigenvalue weighted by molar-refractivity contribution is 5.77. The molecule has 1 amide bonds. The van der Waals surface area contributed by atoms with Gasteiger partial charge >= 0.3 is 0 Å². The quantitative estimate of drug-likeness (QED) is 0.834. The number of halogens is 1. The van der Waals surface area contributed by atoms with E-state index in [0.717, 1.165) is 29.7 Å². The maximum atomic E-state index is 13.1. The van der Waals surface area contributed by atoms with Gasteiger partial charge in [0.2, 0.25) is 5.91 Å². The molecular weight excluding hydrogens is 317 g/mol. The molecule has 134 valence electrons. The third-order valence-electron chi connectivity index (χ3n) is 4.86. The minimum Gasteiger partial charge on any atom is -0.353 e. The van der Waals surface area contributed by atoms with Gasteiger partial charge in [-0.25, -0.2) is 4.39 Å². The van der Waals surface area contributed by atoms with Crippen molar-refractivity contribution in [1.29, 1.82) is 0 Å². The van der Waals surface area contributed by atoms with Gasteiger partial charge in [0, 0.05) is 31.3 Å². The van der Waals surface area contributed by atoms with Crippen LogP contribution in [0.15, 0.2) is 30.5 Å². The summed E-state index contributed by atoms with van der Waals surface area (Å²) in [5.41, 5.74) is 2.72. The molecule has 1 fully saturated rings. The van der Waals surface area contributed by atoms with E-state index in [0.29, 0.717) is 18.9 Å². The van der Waals surface area contributed by atoms with Gasteiger partial charge < -0.3 is 5.32 Å². The van der Waals surface area contributed by atoms with Crippen LogP contribution in [0.3, 0.4) is 0 Å². The van der Waals surface area contributed by atoms with E-state index >= 15 is 0 Å². The molecule has 1 aliphatic rings. The lowest BCUT2D eigenvalue weighted by atomic mass is 10.0. The van der Waals surface area contributed by atoms with Crippen molar-refractivity contribution in [2.75, 3.05) is 0 Å². The first kappa shape index (κ1) is 17.6. The van der Waals surface area contributed by atoms with Gasteiger partial charge in [0.25, 0.3) is 0 Å². The number of nitrogens with one attached hydrogen (secondary N) is 1. The van der Waals surface area contributed by atoms with Gasteiger partial charge in [-0.1, -0.05) is 25.7 Å². The van der Waals surface area contributed by atoms with Crippen molar-refractivity contribution in [1.82, 2.24) is 15.1 Å². The number of hydrogen-bond acceptors (Lipinski definition) is 2. The first-order valence-corrected chi connectivity index (χ1v) is 9.19. The molecule has 1 aliphatic carbocycles. The molecule has 5 heteroatoms. The zero-order valence-corrected chi connectivity index (χ0v) is 14.8. The van der Waals surface area contributed by atoms with Gasteiger partial charge in [0.05, 0.1) is 5.69 Å². The van der Waals surface area contributed by atoms with Crippen molar-refractivity contribution < 1.29 is 9.18 Å². The summed E-state index contributed by atoms with van der Waals surface area (Å²) in [5, 5.41) is 7.67. The van der Waals surface area contributed by atoms with Crippen molar-refractivity contribution in [3.05, 3.63) is 41.8 Å². The third-order valence-corrected chi connectivity index (χ3v) is 4.86. The molecule has 1 aromatic heterocycles. The van der Waals surface area contributed by atoms with E-state index in [-0.39, 0.29) is 11.7 Å². The molecule has 1 aromatic carbocycles. The summed E-state index contributed by atoms with van der Waals surface area (Å²) in [6, 6.07) is 6.67. The lowest BCUT2D eigenvalue weighted by Gasteiger charge is -2.16. The van der Waals surface area contributed by atoms with Gasteiger partial charge in [0.1, 0.15) is 5.82 Å². The number of amides is 1. The topological polar surface area (TPSA) is 46.9 Å². The molecule has 1 N–H and O–H groups in total. The number of carbonyl (C=O) groups excluding carboxylic acids is 1. The largest absolute Gasteiger partial charge is 0.353 e. The monoisotopic (exact) mass is 343 g/mol. The Hall–Kier alpha value is -2.17. The summed E-state index contributed by atoms with van der Waals surface area (Å²) in [6.07, 6.45) is 10.2. The summed E-state index contributed by atoms with van der Waals surface area (Å²) in [4.78, 5) is 12.3. The van der Waals surface area contributed by atoms with E-state index in [4.69, 9.17) is 0 Å². The second kappa shape index (κ2) is 8.28. The maximum Gasteiger partial charge on any atom is 0.220 e. The van der Waals surface area contributed by atoms with Crippen LogP contribution in [-0.2, 0) is 18.3 Å². The van der Waals surface area contributed by atoms with E-state index in [1.54, 1.807) is 16.8 Å². The van der Waals surface area contributed by atoms with Gasteiger partial charge in [0.15, 0.2) is 0 Å². The first-order valence-electron chi connectivity index (χ1n) is 9.19. The van der Waals surface area contributed by atoms with Gasteiger partial charge in [-0.15, -0.1) is 0 Å². The summed E-state index contributed by atoms with van der Waals surface area (Å²) in [5.74, 6) is -0.148. The number of carbonyl (C=O) groups is 1. The molecule has 3 rings (SSSR count). The second-order valence-electron chi connectivity index (χ2n) is 6.94. The Bertz CT molecular complexity index is 700.